The van der Waals surface area contributed by atoms with Crippen LogP contribution in [0.1, 0.15) is 30.9 Å². The standard InChI is InChI=1S/C24H23ClFNO4/c1-3-30-23(28)19-14-27(13-16-9-11-17(25)12-10-16)15-20(24(29)31-4-2)22(19)18-7-5-6-8-21(18)26/h5-12,14-15,22H,3-4,13H2,1-2H3. The summed E-state index contributed by atoms with van der Waals surface area (Å²) in [5, 5.41) is 0.604. The second-order valence-corrected chi connectivity index (χ2v) is 7.30. The number of hydrogen-bond donors (Lipinski definition) is 0. The first-order chi connectivity index (χ1) is 14.9. The summed E-state index contributed by atoms with van der Waals surface area (Å²) in [6, 6.07) is 13.3. The first-order valence-electron chi connectivity index (χ1n) is 9.96. The third-order valence-corrected chi connectivity index (χ3v) is 5.00. The van der Waals surface area contributed by atoms with E-state index in [1.165, 1.54) is 6.07 Å². The van der Waals surface area contributed by atoms with Crippen molar-refractivity contribution < 1.29 is 23.5 Å². The van der Waals surface area contributed by atoms with E-state index in [9.17, 15) is 14.0 Å². The van der Waals surface area contributed by atoms with Gasteiger partial charge in [0, 0.05) is 29.5 Å². The van der Waals surface area contributed by atoms with Crippen molar-refractivity contribution >= 4 is 23.5 Å². The van der Waals surface area contributed by atoms with Gasteiger partial charge in [0.25, 0.3) is 0 Å². The van der Waals surface area contributed by atoms with Crippen LogP contribution in [0.5, 0.6) is 0 Å². The molecule has 1 heterocycles. The van der Waals surface area contributed by atoms with Gasteiger partial charge in [-0.2, -0.15) is 0 Å². The first-order valence-corrected chi connectivity index (χ1v) is 10.3. The predicted molar refractivity (Wildman–Crippen MR) is 116 cm³/mol. The van der Waals surface area contributed by atoms with Gasteiger partial charge in [-0.1, -0.05) is 41.9 Å². The fourth-order valence-corrected chi connectivity index (χ4v) is 3.54. The van der Waals surface area contributed by atoms with Crippen LogP contribution in [0.3, 0.4) is 0 Å². The summed E-state index contributed by atoms with van der Waals surface area (Å²) in [6.45, 7) is 4.04. The van der Waals surface area contributed by atoms with Crippen LogP contribution in [0.25, 0.3) is 0 Å². The van der Waals surface area contributed by atoms with Crippen molar-refractivity contribution in [3.05, 3.63) is 94.0 Å². The number of halogens is 2. The lowest BCUT2D eigenvalue weighted by molar-refractivity contribution is -0.139. The highest BCUT2D eigenvalue weighted by atomic mass is 35.5. The van der Waals surface area contributed by atoms with Gasteiger partial charge < -0.3 is 14.4 Å². The van der Waals surface area contributed by atoms with Crippen molar-refractivity contribution in [1.29, 1.82) is 0 Å². The van der Waals surface area contributed by atoms with Crippen LogP contribution in [-0.2, 0) is 25.6 Å². The van der Waals surface area contributed by atoms with E-state index < -0.39 is 23.7 Å². The summed E-state index contributed by atoms with van der Waals surface area (Å²) in [5.74, 6) is -2.71. The summed E-state index contributed by atoms with van der Waals surface area (Å²) in [5.41, 5.74) is 1.43. The van der Waals surface area contributed by atoms with E-state index in [2.05, 4.69) is 0 Å². The maximum atomic E-state index is 14.7. The molecule has 0 atom stereocenters. The number of carbonyl (C=O) groups excluding carboxylic acids is 2. The van der Waals surface area contributed by atoms with E-state index in [-0.39, 0.29) is 29.9 Å². The Balaban J connectivity index is 2.09. The molecule has 0 fully saturated rings. The molecule has 2 aromatic rings. The highest BCUT2D eigenvalue weighted by Gasteiger charge is 2.36. The molecule has 3 rings (SSSR count). The van der Waals surface area contributed by atoms with Crippen LogP contribution in [0, 0.1) is 5.82 Å². The molecule has 1 aliphatic heterocycles. The van der Waals surface area contributed by atoms with Gasteiger partial charge in [0.2, 0.25) is 0 Å². The van der Waals surface area contributed by atoms with Gasteiger partial charge in [-0.25, -0.2) is 14.0 Å². The monoisotopic (exact) mass is 443 g/mol. The Labute approximate surface area is 185 Å². The topological polar surface area (TPSA) is 55.8 Å². The van der Waals surface area contributed by atoms with E-state index in [1.54, 1.807) is 61.5 Å². The van der Waals surface area contributed by atoms with Gasteiger partial charge in [-0.15, -0.1) is 0 Å². The second-order valence-electron chi connectivity index (χ2n) is 6.86. The molecule has 162 valence electrons. The van der Waals surface area contributed by atoms with Crippen molar-refractivity contribution in [2.75, 3.05) is 13.2 Å². The lowest BCUT2D eigenvalue weighted by Crippen LogP contribution is -2.29. The molecule has 1 aliphatic rings. The molecule has 7 heteroatoms. The first kappa shape index (κ1) is 22.6. The van der Waals surface area contributed by atoms with Crippen molar-refractivity contribution in [3.63, 3.8) is 0 Å². The van der Waals surface area contributed by atoms with E-state index >= 15 is 0 Å². The zero-order chi connectivity index (χ0) is 22.4. The fraction of sp³-hybridized carbons (Fsp3) is 0.250. The Morgan fingerprint density at radius 1 is 0.935 bits per heavy atom. The van der Waals surface area contributed by atoms with Crippen molar-refractivity contribution in [2.24, 2.45) is 0 Å². The maximum Gasteiger partial charge on any atom is 0.336 e. The van der Waals surface area contributed by atoms with Gasteiger partial charge in [-0.3, -0.25) is 0 Å². The Kier molecular flexibility index (Phi) is 7.47. The fourth-order valence-electron chi connectivity index (χ4n) is 3.42. The third kappa shape index (κ3) is 5.33. The van der Waals surface area contributed by atoms with Crippen molar-refractivity contribution in [1.82, 2.24) is 4.90 Å². The quantitative estimate of drug-likeness (QED) is 0.565. The molecule has 0 amide bonds. The van der Waals surface area contributed by atoms with Crippen LogP contribution in [0.15, 0.2) is 72.1 Å². The van der Waals surface area contributed by atoms with E-state index in [0.29, 0.717) is 11.6 Å². The lowest BCUT2D eigenvalue weighted by atomic mass is 9.83. The highest BCUT2D eigenvalue weighted by molar-refractivity contribution is 6.30. The number of benzene rings is 2. The minimum Gasteiger partial charge on any atom is -0.463 e. The summed E-state index contributed by atoms with van der Waals surface area (Å²) < 4.78 is 25.2. The highest BCUT2D eigenvalue weighted by Crippen LogP contribution is 2.38. The number of ether oxygens (including phenoxy) is 2. The summed E-state index contributed by atoms with van der Waals surface area (Å²) in [4.78, 5) is 27.3. The Hall–Kier alpha value is -3.12. The van der Waals surface area contributed by atoms with Gasteiger partial charge in [-0.05, 0) is 37.6 Å². The van der Waals surface area contributed by atoms with E-state index in [1.807, 2.05) is 12.1 Å². The molecule has 0 saturated heterocycles. The lowest BCUT2D eigenvalue weighted by Gasteiger charge is -2.30. The molecule has 0 unspecified atom stereocenters. The zero-order valence-electron chi connectivity index (χ0n) is 17.3. The SMILES string of the molecule is CCOC(=O)C1=CN(Cc2ccc(Cl)cc2)C=C(C(=O)OCC)C1c1ccccc1F. The maximum absolute atomic E-state index is 14.7. The van der Waals surface area contributed by atoms with Crippen LogP contribution >= 0.6 is 11.6 Å². The molecule has 0 radical (unpaired) electrons. The molecule has 0 N–H and O–H groups in total. The normalized spacial score (nSPS) is 14.0. The Morgan fingerprint density at radius 2 is 1.48 bits per heavy atom. The number of nitrogens with zero attached hydrogens (tertiary/aromatic N) is 1. The van der Waals surface area contributed by atoms with Gasteiger partial charge in [0.15, 0.2) is 0 Å². The average Bonchev–Trinajstić information content (AvgIpc) is 2.76. The predicted octanol–water partition coefficient (Wildman–Crippen LogP) is 4.97. The molecular formula is C24H23ClFNO4. The van der Waals surface area contributed by atoms with Gasteiger partial charge in [0.05, 0.1) is 30.3 Å². The minimum atomic E-state index is -0.944. The molecule has 0 spiro atoms. The van der Waals surface area contributed by atoms with Crippen LogP contribution < -0.4 is 0 Å². The van der Waals surface area contributed by atoms with Crippen LogP contribution in [-0.4, -0.2) is 30.1 Å². The number of esters is 2. The number of carbonyl (C=O) groups is 2. The second kappa shape index (κ2) is 10.3. The Morgan fingerprint density at radius 3 is 2.00 bits per heavy atom. The third-order valence-electron chi connectivity index (χ3n) is 4.75. The minimum absolute atomic E-state index is 0.149. The molecular weight excluding hydrogens is 421 g/mol. The van der Waals surface area contributed by atoms with Crippen LogP contribution in [0.4, 0.5) is 4.39 Å². The molecule has 2 aromatic carbocycles. The zero-order valence-corrected chi connectivity index (χ0v) is 18.1. The smallest absolute Gasteiger partial charge is 0.336 e. The van der Waals surface area contributed by atoms with E-state index in [0.717, 1.165) is 5.56 Å². The molecule has 31 heavy (non-hydrogen) atoms. The largest absolute Gasteiger partial charge is 0.463 e. The van der Waals surface area contributed by atoms with Gasteiger partial charge in [0.1, 0.15) is 5.82 Å². The molecule has 0 aromatic heterocycles. The molecule has 0 bridgehead atoms. The molecule has 0 aliphatic carbocycles. The number of hydrogen-bond acceptors (Lipinski definition) is 5. The van der Waals surface area contributed by atoms with E-state index in [4.69, 9.17) is 21.1 Å². The number of rotatable bonds is 7. The summed E-state index contributed by atoms with van der Waals surface area (Å²) >= 11 is 5.96. The van der Waals surface area contributed by atoms with Crippen molar-refractivity contribution in [3.8, 4) is 0 Å². The van der Waals surface area contributed by atoms with Gasteiger partial charge >= 0.3 is 11.9 Å². The van der Waals surface area contributed by atoms with Crippen LogP contribution in [0.2, 0.25) is 5.02 Å². The summed E-state index contributed by atoms with van der Waals surface area (Å²) in [6.07, 6.45) is 3.18. The van der Waals surface area contributed by atoms with Crippen molar-refractivity contribution in [2.45, 2.75) is 26.3 Å². The average molecular weight is 444 g/mol. The summed E-state index contributed by atoms with van der Waals surface area (Å²) in [7, 11) is 0. The Bertz CT molecular complexity index is 980. The molecule has 5 nitrogen and oxygen atoms in total. The molecule has 0 saturated carbocycles.